The second kappa shape index (κ2) is 4.87. The van der Waals surface area contributed by atoms with Gasteiger partial charge in [-0.3, -0.25) is 4.98 Å². The highest BCUT2D eigenvalue weighted by atomic mass is 79.9. The molecule has 5 heteroatoms. The van der Waals surface area contributed by atoms with Crippen molar-refractivity contribution in [2.45, 2.75) is 6.92 Å². The van der Waals surface area contributed by atoms with Crippen LogP contribution in [0.2, 0.25) is 5.15 Å². The van der Waals surface area contributed by atoms with E-state index in [2.05, 4.69) is 30.9 Å². The summed E-state index contributed by atoms with van der Waals surface area (Å²) in [5.74, 6) is 0.615. The zero-order valence-electron chi connectivity index (χ0n) is 10.1. The molecule has 0 aliphatic rings. The van der Waals surface area contributed by atoms with E-state index >= 15 is 0 Å². The first-order chi connectivity index (χ1) is 9.16. The smallest absolute Gasteiger partial charge is 0.161 e. The molecule has 0 N–H and O–H groups in total. The molecule has 3 nitrogen and oxygen atoms in total. The van der Waals surface area contributed by atoms with E-state index in [1.807, 2.05) is 37.3 Å². The molecule has 0 saturated heterocycles. The molecule has 3 rings (SSSR count). The molecule has 2 aromatic heterocycles. The van der Waals surface area contributed by atoms with Gasteiger partial charge in [0.1, 0.15) is 5.15 Å². The number of nitrogens with zero attached hydrogens (tertiary/aromatic N) is 3. The maximum atomic E-state index is 6.11. The number of fused-ring (bicyclic) bond motifs is 1. The van der Waals surface area contributed by atoms with E-state index < -0.39 is 0 Å². The van der Waals surface area contributed by atoms with E-state index in [0.717, 1.165) is 26.6 Å². The number of halogens is 2. The Morgan fingerprint density at radius 3 is 2.68 bits per heavy atom. The van der Waals surface area contributed by atoms with Gasteiger partial charge >= 0.3 is 0 Å². The lowest BCUT2D eigenvalue weighted by Gasteiger charge is -2.07. The molecule has 0 bridgehead atoms. The third-order valence-electron chi connectivity index (χ3n) is 2.87. The first-order valence-corrected chi connectivity index (χ1v) is 6.87. The van der Waals surface area contributed by atoms with E-state index in [4.69, 9.17) is 11.6 Å². The van der Waals surface area contributed by atoms with Crippen molar-refractivity contribution in [3.05, 3.63) is 51.8 Å². The fourth-order valence-corrected chi connectivity index (χ4v) is 2.33. The van der Waals surface area contributed by atoms with Crippen LogP contribution in [-0.2, 0) is 0 Å². The summed E-state index contributed by atoms with van der Waals surface area (Å²) in [6.45, 7) is 1.89. The molecule has 0 aliphatic carbocycles. The van der Waals surface area contributed by atoms with Gasteiger partial charge in [-0.2, -0.15) is 0 Å². The molecule has 0 saturated carbocycles. The Morgan fingerprint density at radius 1 is 1.11 bits per heavy atom. The number of para-hydroxylation sites is 1. The highest BCUT2D eigenvalue weighted by Gasteiger charge is 2.11. The van der Waals surface area contributed by atoms with Gasteiger partial charge < -0.3 is 0 Å². The van der Waals surface area contributed by atoms with Crippen LogP contribution in [0.25, 0.3) is 22.3 Å². The lowest BCUT2D eigenvalue weighted by molar-refractivity contribution is 1.09. The molecule has 0 fully saturated rings. The topological polar surface area (TPSA) is 38.7 Å². The van der Waals surface area contributed by atoms with Gasteiger partial charge in [-0.15, -0.1) is 0 Å². The van der Waals surface area contributed by atoms with Gasteiger partial charge in [-0.05, 0) is 35.0 Å². The monoisotopic (exact) mass is 333 g/mol. The van der Waals surface area contributed by atoms with E-state index in [1.54, 1.807) is 6.20 Å². The van der Waals surface area contributed by atoms with Crippen molar-refractivity contribution in [3.63, 3.8) is 0 Å². The average molecular weight is 335 g/mol. The SMILES string of the molecule is Cc1nc(-c2ccnc3ccccc23)nc(Cl)c1Br. The van der Waals surface area contributed by atoms with Gasteiger partial charge in [0.05, 0.1) is 15.7 Å². The van der Waals surface area contributed by atoms with E-state index in [0.29, 0.717) is 11.0 Å². The minimum absolute atomic E-state index is 0.420. The number of hydrogen-bond donors (Lipinski definition) is 0. The van der Waals surface area contributed by atoms with E-state index in [-0.39, 0.29) is 0 Å². The molecular formula is C14H9BrClN3. The highest BCUT2D eigenvalue weighted by molar-refractivity contribution is 9.10. The second-order valence-corrected chi connectivity index (χ2v) is 5.26. The summed E-state index contributed by atoms with van der Waals surface area (Å²) < 4.78 is 0.733. The minimum Gasteiger partial charge on any atom is -0.256 e. The summed E-state index contributed by atoms with van der Waals surface area (Å²) in [7, 11) is 0. The fraction of sp³-hybridized carbons (Fsp3) is 0.0714. The number of hydrogen-bond acceptors (Lipinski definition) is 3. The molecule has 19 heavy (non-hydrogen) atoms. The average Bonchev–Trinajstić information content (AvgIpc) is 2.43. The van der Waals surface area contributed by atoms with Gasteiger partial charge in [0, 0.05) is 17.1 Å². The zero-order valence-corrected chi connectivity index (χ0v) is 12.4. The molecule has 0 atom stereocenters. The summed E-state index contributed by atoms with van der Waals surface area (Å²) in [5, 5.41) is 1.44. The maximum Gasteiger partial charge on any atom is 0.161 e. The van der Waals surface area contributed by atoms with Crippen molar-refractivity contribution in [2.75, 3.05) is 0 Å². The molecule has 0 radical (unpaired) electrons. The van der Waals surface area contributed by atoms with Crippen molar-refractivity contribution in [1.82, 2.24) is 15.0 Å². The Labute approximate surface area is 123 Å². The molecule has 3 aromatic rings. The standard InChI is InChI=1S/C14H9BrClN3/c1-8-12(15)13(16)19-14(18-8)10-6-7-17-11-5-3-2-4-9(10)11/h2-7H,1H3. The molecule has 1 aromatic carbocycles. The Morgan fingerprint density at radius 2 is 1.89 bits per heavy atom. The molecule has 2 heterocycles. The summed E-state index contributed by atoms with van der Waals surface area (Å²) >= 11 is 9.47. The Kier molecular flexibility index (Phi) is 3.21. The molecular weight excluding hydrogens is 326 g/mol. The van der Waals surface area contributed by atoms with Gasteiger partial charge in [0.25, 0.3) is 0 Å². The summed E-state index contributed by atoms with van der Waals surface area (Å²) in [6.07, 6.45) is 1.76. The lowest BCUT2D eigenvalue weighted by Crippen LogP contribution is -1.95. The third-order valence-corrected chi connectivity index (χ3v) is 4.32. The van der Waals surface area contributed by atoms with Crippen molar-refractivity contribution in [2.24, 2.45) is 0 Å². The van der Waals surface area contributed by atoms with Crippen LogP contribution in [0.15, 0.2) is 41.0 Å². The number of rotatable bonds is 1. The minimum atomic E-state index is 0.420. The predicted octanol–water partition coefficient (Wildman–Crippen LogP) is 4.42. The van der Waals surface area contributed by atoms with Crippen LogP contribution in [0.1, 0.15) is 5.69 Å². The van der Waals surface area contributed by atoms with Gasteiger partial charge in [0.15, 0.2) is 5.82 Å². The van der Waals surface area contributed by atoms with Crippen LogP contribution in [0.4, 0.5) is 0 Å². The van der Waals surface area contributed by atoms with Crippen LogP contribution in [0.5, 0.6) is 0 Å². The number of benzene rings is 1. The van der Waals surface area contributed by atoms with Gasteiger partial charge in [0.2, 0.25) is 0 Å². The Balaban J connectivity index is 2.31. The normalized spacial score (nSPS) is 10.9. The second-order valence-electron chi connectivity index (χ2n) is 4.11. The van der Waals surface area contributed by atoms with E-state index in [9.17, 15) is 0 Å². The predicted molar refractivity (Wildman–Crippen MR) is 80.2 cm³/mol. The van der Waals surface area contributed by atoms with Crippen LogP contribution in [0.3, 0.4) is 0 Å². The Hall–Kier alpha value is -1.52. The number of aryl methyl sites for hydroxylation is 1. The first-order valence-electron chi connectivity index (χ1n) is 5.70. The zero-order chi connectivity index (χ0) is 13.4. The molecule has 0 unspecified atom stereocenters. The van der Waals surface area contributed by atoms with Crippen LogP contribution >= 0.6 is 27.5 Å². The van der Waals surface area contributed by atoms with Crippen LogP contribution in [0, 0.1) is 6.92 Å². The number of aromatic nitrogens is 3. The van der Waals surface area contributed by atoms with Crippen molar-refractivity contribution >= 4 is 38.4 Å². The summed E-state index contributed by atoms with van der Waals surface area (Å²) in [6, 6.07) is 9.81. The summed E-state index contributed by atoms with van der Waals surface area (Å²) in [4.78, 5) is 13.1. The van der Waals surface area contributed by atoms with Crippen molar-refractivity contribution in [1.29, 1.82) is 0 Å². The van der Waals surface area contributed by atoms with Crippen molar-refractivity contribution < 1.29 is 0 Å². The van der Waals surface area contributed by atoms with Crippen LogP contribution < -0.4 is 0 Å². The highest BCUT2D eigenvalue weighted by Crippen LogP contribution is 2.29. The summed E-state index contributed by atoms with van der Waals surface area (Å²) in [5.41, 5.74) is 2.67. The van der Waals surface area contributed by atoms with E-state index in [1.165, 1.54) is 0 Å². The largest absolute Gasteiger partial charge is 0.256 e. The fourth-order valence-electron chi connectivity index (χ4n) is 1.94. The molecule has 0 spiro atoms. The third kappa shape index (κ3) is 2.22. The number of pyridine rings is 1. The molecule has 0 amide bonds. The van der Waals surface area contributed by atoms with Gasteiger partial charge in [-0.25, -0.2) is 9.97 Å². The van der Waals surface area contributed by atoms with Gasteiger partial charge in [-0.1, -0.05) is 29.8 Å². The molecule has 94 valence electrons. The first kappa shape index (κ1) is 12.5. The maximum absolute atomic E-state index is 6.11. The van der Waals surface area contributed by atoms with Crippen LogP contribution in [-0.4, -0.2) is 15.0 Å². The van der Waals surface area contributed by atoms with Crippen molar-refractivity contribution in [3.8, 4) is 11.4 Å². The Bertz CT molecular complexity index is 745. The lowest BCUT2D eigenvalue weighted by atomic mass is 10.1. The quantitative estimate of drug-likeness (QED) is 0.618. The molecule has 0 aliphatic heterocycles.